The predicted octanol–water partition coefficient (Wildman–Crippen LogP) is 0.485. The largest absolute Gasteiger partial charge is 0.391 e. The standard InChI is InChI=1S/C7H13ClO4S/c1-12-5-6(9)4-7(2-3-7)13(8,10)11/h6,9H,2-5H2,1H3/t6-/m0/s1. The Morgan fingerprint density at radius 1 is 1.62 bits per heavy atom. The van der Waals surface area contributed by atoms with Crippen LogP contribution in [0, 0.1) is 0 Å². The average Bonchev–Trinajstić information content (AvgIpc) is 2.67. The van der Waals surface area contributed by atoms with Gasteiger partial charge in [0.05, 0.1) is 17.5 Å². The summed E-state index contributed by atoms with van der Waals surface area (Å²) in [7, 11) is 3.16. The Balaban J connectivity index is 2.54. The van der Waals surface area contributed by atoms with Gasteiger partial charge in [0.2, 0.25) is 9.05 Å². The van der Waals surface area contributed by atoms with E-state index in [4.69, 9.17) is 15.4 Å². The summed E-state index contributed by atoms with van der Waals surface area (Å²) in [4.78, 5) is 0. The molecule has 1 fully saturated rings. The third kappa shape index (κ3) is 2.56. The van der Waals surface area contributed by atoms with E-state index in [9.17, 15) is 13.5 Å². The lowest BCUT2D eigenvalue weighted by atomic mass is 10.2. The van der Waals surface area contributed by atoms with Crippen LogP contribution >= 0.6 is 10.7 Å². The Bertz CT molecular complexity index is 270. The molecule has 6 heteroatoms. The van der Waals surface area contributed by atoms with Crippen LogP contribution in [-0.4, -0.2) is 38.1 Å². The Morgan fingerprint density at radius 3 is 2.46 bits per heavy atom. The molecule has 1 atom stereocenters. The predicted molar refractivity (Wildman–Crippen MR) is 49.2 cm³/mol. The van der Waals surface area contributed by atoms with Crippen LogP contribution in [0.15, 0.2) is 0 Å². The van der Waals surface area contributed by atoms with Crippen molar-refractivity contribution in [2.45, 2.75) is 30.1 Å². The molecule has 0 unspecified atom stereocenters. The molecule has 13 heavy (non-hydrogen) atoms. The molecule has 0 heterocycles. The smallest absolute Gasteiger partial charge is 0.238 e. The Kier molecular flexibility index (Phi) is 3.22. The van der Waals surface area contributed by atoms with Crippen molar-refractivity contribution in [2.24, 2.45) is 0 Å². The third-order valence-electron chi connectivity index (χ3n) is 2.29. The fourth-order valence-electron chi connectivity index (χ4n) is 1.37. The zero-order chi connectivity index (χ0) is 10.1. The molecule has 0 aromatic rings. The van der Waals surface area contributed by atoms with Gasteiger partial charge in [0.1, 0.15) is 0 Å². The molecule has 0 radical (unpaired) electrons. The van der Waals surface area contributed by atoms with Crippen LogP contribution < -0.4 is 0 Å². The fraction of sp³-hybridized carbons (Fsp3) is 1.00. The topological polar surface area (TPSA) is 63.6 Å². The van der Waals surface area contributed by atoms with Crippen LogP contribution in [0.3, 0.4) is 0 Å². The molecular formula is C7H13ClO4S. The van der Waals surface area contributed by atoms with E-state index in [2.05, 4.69) is 0 Å². The second-order valence-corrected chi connectivity index (χ2v) is 6.39. The van der Waals surface area contributed by atoms with Crippen molar-refractivity contribution in [2.75, 3.05) is 13.7 Å². The molecule has 0 amide bonds. The maximum absolute atomic E-state index is 11.1. The van der Waals surface area contributed by atoms with E-state index in [1.807, 2.05) is 0 Å². The summed E-state index contributed by atoms with van der Waals surface area (Å²) in [6.45, 7) is 0.147. The van der Waals surface area contributed by atoms with Crippen molar-refractivity contribution in [3.05, 3.63) is 0 Å². The highest BCUT2D eigenvalue weighted by Crippen LogP contribution is 2.49. The van der Waals surface area contributed by atoms with E-state index < -0.39 is 19.9 Å². The second-order valence-electron chi connectivity index (χ2n) is 3.43. The van der Waals surface area contributed by atoms with E-state index in [1.165, 1.54) is 7.11 Å². The lowest BCUT2D eigenvalue weighted by molar-refractivity contribution is 0.0575. The summed E-state index contributed by atoms with van der Waals surface area (Å²) >= 11 is 0. The lowest BCUT2D eigenvalue weighted by Crippen LogP contribution is -2.27. The van der Waals surface area contributed by atoms with Gasteiger partial charge in [-0.25, -0.2) is 8.42 Å². The van der Waals surface area contributed by atoms with Crippen LogP contribution in [-0.2, 0) is 13.8 Å². The Hall–Kier alpha value is 0.160. The van der Waals surface area contributed by atoms with Crippen molar-refractivity contribution >= 4 is 19.7 Å². The van der Waals surface area contributed by atoms with Gasteiger partial charge in [0, 0.05) is 17.8 Å². The fourth-order valence-corrected chi connectivity index (χ4v) is 3.00. The molecule has 1 aliphatic carbocycles. The lowest BCUT2D eigenvalue weighted by Gasteiger charge is -2.15. The number of hydrogen-bond donors (Lipinski definition) is 1. The number of hydrogen-bond acceptors (Lipinski definition) is 4. The zero-order valence-electron chi connectivity index (χ0n) is 7.36. The van der Waals surface area contributed by atoms with Crippen molar-refractivity contribution in [3.63, 3.8) is 0 Å². The minimum absolute atomic E-state index is 0.147. The molecule has 4 nitrogen and oxygen atoms in total. The number of ether oxygens (including phenoxy) is 1. The average molecular weight is 229 g/mol. The first-order valence-electron chi connectivity index (χ1n) is 4.02. The molecule has 1 N–H and O–H groups in total. The first-order chi connectivity index (χ1) is 5.91. The highest BCUT2D eigenvalue weighted by Gasteiger charge is 2.54. The van der Waals surface area contributed by atoms with E-state index >= 15 is 0 Å². The van der Waals surface area contributed by atoms with E-state index in [0.717, 1.165) is 0 Å². The third-order valence-corrected chi connectivity index (χ3v) is 4.88. The molecule has 1 rings (SSSR count). The van der Waals surface area contributed by atoms with Gasteiger partial charge in [0.15, 0.2) is 0 Å². The molecule has 0 spiro atoms. The number of rotatable bonds is 5. The molecule has 1 saturated carbocycles. The van der Waals surface area contributed by atoms with Crippen molar-refractivity contribution in [1.82, 2.24) is 0 Å². The molecule has 78 valence electrons. The summed E-state index contributed by atoms with van der Waals surface area (Å²) in [5.74, 6) is 0. The SMILES string of the molecule is COC[C@@H](O)CC1(S(=O)(=O)Cl)CC1. The van der Waals surface area contributed by atoms with Crippen molar-refractivity contribution in [1.29, 1.82) is 0 Å². The van der Waals surface area contributed by atoms with Crippen molar-refractivity contribution in [3.8, 4) is 0 Å². The monoisotopic (exact) mass is 228 g/mol. The molecule has 1 aliphatic rings. The normalized spacial score (nSPS) is 22.7. The quantitative estimate of drug-likeness (QED) is 0.696. The summed E-state index contributed by atoms with van der Waals surface area (Å²) in [6.07, 6.45) is 0.507. The zero-order valence-corrected chi connectivity index (χ0v) is 8.94. The number of methoxy groups -OCH3 is 1. The minimum Gasteiger partial charge on any atom is -0.391 e. The van der Waals surface area contributed by atoms with Crippen LogP contribution in [0.4, 0.5) is 0 Å². The summed E-state index contributed by atoms with van der Waals surface area (Å²) in [5, 5.41) is 9.34. The van der Waals surface area contributed by atoms with E-state index in [1.54, 1.807) is 0 Å². The maximum Gasteiger partial charge on any atom is 0.238 e. The van der Waals surface area contributed by atoms with Crippen LogP contribution in [0.2, 0.25) is 0 Å². The Morgan fingerprint density at radius 2 is 2.15 bits per heavy atom. The van der Waals surface area contributed by atoms with Gasteiger partial charge in [-0.3, -0.25) is 0 Å². The first kappa shape index (κ1) is 11.2. The van der Waals surface area contributed by atoms with Gasteiger partial charge >= 0.3 is 0 Å². The number of halogens is 1. The van der Waals surface area contributed by atoms with Gasteiger partial charge in [-0.05, 0) is 19.3 Å². The molecule has 0 bridgehead atoms. The number of aliphatic hydroxyl groups excluding tert-OH is 1. The van der Waals surface area contributed by atoms with Crippen LogP contribution in [0.1, 0.15) is 19.3 Å². The summed E-state index contributed by atoms with van der Waals surface area (Å²) in [6, 6.07) is 0. The minimum atomic E-state index is -3.55. The maximum atomic E-state index is 11.1. The summed E-state index contributed by atoms with van der Waals surface area (Å²) in [5.41, 5.74) is 0. The van der Waals surface area contributed by atoms with Gasteiger partial charge in [-0.1, -0.05) is 0 Å². The van der Waals surface area contributed by atoms with E-state index in [0.29, 0.717) is 12.8 Å². The summed E-state index contributed by atoms with van der Waals surface area (Å²) < 4.78 is 26.0. The Labute approximate surface area is 82.3 Å². The highest BCUT2D eigenvalue weighted by atomic mass is 35.7. The highest BCUT2D eigenvalue weighted by molar-refractivity contribution is 8.15. The van der Waals surface area contributed by atoms with Gasteiger partial charge in [-0.15, -0.1) is 0 Å². The van der Waals surface area contributed by atoms with Crippen LogP contribution in [0.5, 0.6) is 0 Å². The molecule has 0 aromatic heterocycles. The number of aliphatic hydroxyl groups is 1. The molecule has 0 saturated heterocycles. The van der Waals surface area contributed by atoms with Crippen LogP contribution in [0.25, 0.3) is 0 Å². The van der Waals surface area contributed by atoms with Gasteiger partial charge in [0.25, 0.3) is 0 Å². The first-order valence-corrected chi connectivity index (χ1v) is 6.33. The molecular weight excluding hydrogens is 216 g/mol. The van der Waals surface area contributed by atoms with Gasteiger partial charge in [-0.2, -0.15) is 0 Å². The molecule has 0 aliphatic heterocycles. The second kappa shape index (κ2) is 3.73. The van der Waals surface area contributed by atoms with Gasteiger partial charge < -0.3 is 9.84 Å². The molecule has 0 aromatic carbocycles. The van der Waals surface area contributed by atoms with E-state index in [-0.39, 0.29) is 13.0 Å². The van der Waals surface area contributed by atoms with Crippen molar-refractivity contribution < 1.29 is 18.3 Å².